The van der Waals surface area contributed by atoms with Gasteiger partial charge in [-0.05, 0) is 105 Å². The van der Waals surface area contributed by atoms with Gasteiger partial charge < -0.3 is 4.90 Å². The number of nitrogens with zero attached hydrogens (tertiary/aromatic N) is 2. The fourth-order valence-corrected chi connectivity index (χ4v) is 7.71. The van der Waals surface area contributed by atoms with Gasteiger partial charge in [-0.3, -0.25) is 0 Å². The van der Waals surface area contributed by atoms with Crippen LogP contribution < -0.4 is 4.90 Å². The minimum absolute atomic E-state index is 0.0178. The zero-order valence-electron chi connectivity index (χ0n) is 26.7. The Labute approximate surface area is 253 Å². The number of benzene rings is 2. The number of rotatable bonds is 5. The summed E-state index contributed by atoms with van der Waals surface area (Å²) >= 11 is 0. The van der Waals surface area contributed by atoms with Gasteiger partial charge in [0, 0.05) is 35.5 Å². The molecule has 2 aliphatic carbocycles. The first kappa shape index (κ1) is 28.5. The highest BCUT2D eigenvalue weighted by Gasteiger charge is 2.46. The van der Waals surface area contributed by atoms with Crippen LogP contribution >= 0.6 is 0 Å². The summed E-state index contributed by atoms with van der Waals surface area (Å²) in [6.07, 6.45) is 21.3. The van der Waals surface area contributed by atoms with E-state index in [4.69, 9.17) is 0 Å². The van der Waals surface area contributed by atoms with Crippen molar-refractivity contribution in [2.45, 2.75) is 78.6 Å². The Balaban J connectivity index is 1.41. The first-order chi connectivity index (χ1) is 20.1. The molecule has 2 aliphatic heterocycles. The zero-order valence-corrected chi connectivity index (χ0v) is 26.7. The van der Waals surface area contributed by atoms with Crippen molar-refractivity contribution >= 4 is 11.4 Å². The summed E-state index contributed by atoms with van der Waals surface area (Å²) in [5, 5.41) is 0. The highest BCUT2D eigenvalue weighted by Crippen LogP contribution is 2.47. The van der Waals surface area contributed by atoms with E-state index in [0.29, 0.717) is 0 Å². The zero-order chi connectivity index (χ0) is 29.6. The van der Waals surface area contributed by atoms with Gasteiger partial charge in [0.25, 0.3) is 0 Å². The lowest BCUT2D eigenvalue weighted by Crippen LogP contribution is -2.23. The van der Waals surface area contributed by atoms with Gasteiger partial charge in [-0.2, -0.15) is 4.58 Å². The molecule has 216 valence electrons. The lowest BCUT2D eigenvalue weighted by molar-refractivity contribution is -0.434. The van der Waals surface area contributed by atoms with Crippen molar-refractivity contribution in [3.63, 3.8) is 0 Å². The summed E-state index contributed by atoms with van der Waals surface area (Å²) in [5.41, 5.74) is 15.6. The summed E-state index contributed by atoms with van der Waals surface area (Å²) in [6.45, 7) is 11.7. The lowest BCUT2D eigenvalue weighted by atomic mass is 9.78. The van der Waals surface area contributed by atoms with E-state index in [1.54, 1.807) is 0 Å². The highest BCUT2D eigenvalue weighted by molar-refractivity contribution is 6.00. The van der Waals surface area contributed by atoms with Crippen LogP contribution in [-0.4, -0.2) is 24.4 Å². The van der Waals surface area contributed by atoms with Crippen LogP contribution in [0.15, 0.2) is 119 Å². The predicted octanol–water partition coefficient (Wildman–Crippen LogP) is 9.54. The summed E-state index contributed by atoms with van der Waals surface area (Å²) in [5.74, 6) is 0. The van der Waals surface area contributed by atoms with E-state index in [1.165, 1.54) is 68.2 Å². The van der Waals surface area contributed by atoms with E-state index in [9.17, 15) is 0 Å². The molecule has 42 heavy (non-hydrogen) atoms. The molecule has 6 rings (SSSR count). The quantitative estimate of drug-likeness (QED) is 0.333. The van der Waals surface area contributed by atoms with Crippen LogP contribution in [0.3, 0.4) is 0 Å². The maximum atomic E-state index is 2.46. The van der Waals surface area contributed by atoms with Gasteiger partial charge in [0.2, 0.25) is 5.70 Å². The second-order valence-electron chi connectivity index (χ2n) is 13.7. The first-order valence-corrected chi connectivity index (χ1v) is 15.8. The van der Waals surface area contributed by atoms with E-state index in [0.717, 1.165) is 32.1 Å². The lowest BCUT2D eigenvalue weighted by Gasteiger charge is -2.25. The SMILES string of the molecule is Cc1ccc(CC2=C(/C=C/C3=[N+](C)C4=CCCC=C4C3(C)C)CCC/C2=C\C=C2\N(C)c3ccccc3C2(C)C)cc1. The second-order valence-corrected chi connectivity index (χ2v) is 13.7. The van der Waals surface area contributed by atoms with Crippen molar-refractivity contribution in [3.05, 3.63) is 135 Å². The Kier molecular flexibility index (Phi) is 7.37. The van der Waals surface area contributed by atoms with Gasteiger partial charge in [0.05, 0.1) is 5.41 Å². The van der Waals surface area contributed by atoms with E-state index in [-0.39, 0.29) is 10.8 Å². The normalized spacial score (nSPS) is 23.2. The third-order valence-electron chi connectivity index (χ3n) is 10.2. The molecule has 2 heteroatoms. The Morgan fingerprint density at radius 3 is 2.33 bits per heavy atom. The molecule has 0 unspecified atom stereocenters. The summed E-state index contributed by atoms with van der Waals surface area (Å²) < 4.78 is 2.43. The predicted molar refractivity (Wildman–Crippen MR) is 179 cm³/mol. The van der Waals surface area contributed by atoms with Crippen LogP contribution in [0.5, 0.6) is 0 Å². The number of aryl methyl sites for hydroxylation is 1. The molecule has 4 aliphatic rings. The van der Waals surface area contributed by atoms with E-state index in [2.05, 4.69) is 143 Å². The molecule has 2 heterocycles. The molecular weight excluding hydrogens is 508 g/mol. The topological polar surface area (TPSA) is 6.25 Å². The van der Waals surface area contributed by atoms with Crippen LogP contribution in [-0.2, 0) is 11.8 Å². The van der Waals surface area contributed by atoms with Crippen LogP contribution in [0.2, 0.25) is 0 Å². The Morgan fingerprint density at radius 2 is 1.60 bits per heavy atom. The number of fused-ring (bicyclic) bond motifs is 2. The molecule has 2 nitrogen and oxygen atoms in total. The minimum Gasteiger partial charge on any atom is -0.347 e. The van der Waals surface area contributed by atoms with Crippen molar-refractivity contribution in [1.29, 1.82) is 0 Å². The molecule has 0 saturated heterocycles. The average molecular weight is 556 g/mol. The number of allylic oxidation sites excluding steroid dienone is 11. The number of hydrogen-bond donors (Lipinski definition) is 0. The molecule has 0 atom stereocenters. The summed E-state index contributed by atoms with van der Waals surface area (Å²) in [4.78, 5) is 2.39. The maximum Gasteiger partial charge on any atom is 0.205 e. The van der Waals surface area contributed by atoms with Gasteiger partial charge in [-0.1, -0.05) is 80.1 Å². The van der Waals surface area contributed by atoms with Crippen molar-refractivity contribution < 1.29 is 4.58 Å². The number of hydrogen-bond acceptors (Lipinski definition) is 1. The Bertz CT molecular complexity index is 1630. The van der Waals surface area contributed by atoms with Gasteiger partial charge in [0.1, 0.15) is 7.05 Å². The Morgan fingerprint density at radius 1 is 0.857 bits per heavy atom. The fraction of sp³-hybridized carbons (Fsp3) is 0.375. The highest BCUT2D eigenvalue weighted by atomic mass is 15.2. The van der Waals surface area contributed by atoms with Crippen LogP contribution in [0.1, 0.15) is 76.5 Å². The van der Waals surface area contributed by atoms with Crippen LogP contribution in [0, 0.1) is 12.3 Å². The summed E-state index contributed by atoms with van der Waals surface area (Å²) in [6, 6.07) is 18.0. The fourth-order valence-electron chi connectivity index (χ4n) is 7.71. The van der Waals surface area contributed by atoms with E-state index < -0.39 is 0 Å². The molecule has 0 amide bonds. The monoisotopic (exact) mass is 555 g/mol. The van der Waals surface area contributed by atoms with E-state index in [1.807, 2.05) is 0 Å². The molecule has 0 saturated carbocycles. The molecule has 0 aromatic heterocycles. The van der Waals surface area contributed by atoms with Gasteiger partial charge in [0.15, 0.2) is 5.71 Å². The average Bonchev–Trinajstić information content (AvgIpc) is 3.30. The van der Waals surface area contributed by atoms with Crippen LogP contribution in [0.4, 0.5) is 5.69 Å². The molecule has 2 aromatic carbocycles. The van der Waals surface area contributed by atoms with Gasteiger partial charge >= 0.3 is 0 Å². The van der Waals surface area contributed by atoms with Crippen molar-refractivity contribution in [2.75, 3.05) is 19.0 Å². The standard InChI is InChI=1S/C40H47N2/c1-28-19-21-29(22-20-28)27-32-30(23-25-37-39(2,3)33-15-8-10-17-35(33)41(37)6)13-12-14-31(32)24-26-38-40(4,5)34-16-9-11-18-36(34)42(38)7/h8,10,15-26H,9,11-14,27H2,1-7H3/q+1. The third-order valence-corrected chi connectivity index (χ3v) is 10.2. The molecule has 2 aromatic rings. The molecule has 0 spiro atoms. The molecule has 0 bridgehead atoms. The number of anilines is 1. The minimum atomic E-state index is -0.0178. The maximum absolute atomic E-state index is 2.46. The molecular formula is C40H47N2+. The first-order valence-electron chi connectivity index (χ1n) is 15.8. The summed E-state index contributed by atoms with van der Waals surface area (Å²) in [7, 11) is 4.47. The van der Waals surface area contributed by atoms with E-state index >= 15 is 0 Å². The molecule has 0 radical (unpaired) electrons. The Hall–Kier alpha value is -3.65. The van der Waals surface area contributed by atoms with Crippen molar-refractivity contribution in [3.8, 4) is 0 Å². The smallest absolute Gasteiger partial charge is 0.205 e. The number of para-hydroxylation sites is 1. The molecule has 0 N–H and O–H groups in total. The largest absolute Gasteiger partial charge is 0.347 e. The third kappa shape index (κ3) is 4.89. The number of likely N-dealkylation sites (N-methyl/N-ethyl adjacent to an activating group) is 2. The molecule has 0 fully saturated rings. The van der Waals surface area contributed by atoms with Gasteiger partial charge in [-0.25, -0.2) is 0 Å². The van der Waals surface area contributed by atoms with Crippen molar-refractivity contribution in [2.24, 2.45) is 5.41 Å². The van der Waals surface area contributed by atoms with Crippen molar-refractivity contribution in [1.82, 2.24) is 0 Å². The second kappa shape index (κ2) is 10.9. The van der Waals surface area contributed by atoms with Gasteiger partial charge in [-0.15, -0.1) is 0 Å². The van der Waals surface area contributed by atoms with Crippen LogP contribution in [0.25, 0.3) is 0 Å².